The topological polar surface area (TPSA) is 3.24 Å². The molecule has 0 radical (unpaired) electrons. The minimum atomic E-state index is 0.488. The van der Waals surface area contributed by atoms with Gasteiger partial charge in [0.05, 0.1) is 0 Å². The number of allylic oxidation sites excluding steroid dienone is 1. The summed E-state index contributed by atoms with van der Waals surface area (Å²) in [6, 6.07) is 0. The van der Waals surface area contributed by atoms with Gasteiger partial charge in [0.15, 0.2) is 0 Å². The molecule has 11 heavy (non-hydrogen) atoms. The monoisotopic (exact) mass is 171 g/mol. The van der Waals surface area contributed by atoms with E-state index in [2.05, 4.69) is 27.6 Å². The van der Waals surface area contributed by atoms with Crippen LogP contribution in [-0.2, 0) is 0 Å². The molecule has 2 atom stereocenters. The average molecular weight is 171 g/mol. The van der Waals surface area contributed by atoms with E-state index < -0.39 is 0 Å². The van der Waals surface area contributed by atoms with E-state index in [-0.39, 0.29) is 0 Å². The quantitative estimate of drug-likeness (QED) is 0.455. The molecule has 0 amide bonds. The van der Waals surface area contributed by atoms with Crippen molar-refractivity contribution in [3.05, 3.63) is 12.7 Å². The first kappa shape index (κ1) is 9.22. The second-order valence-electron chi connectivity index (χ2n) is 3.88. The van der Waals surface area contributed by atoms with Crippen LogP contribution in [0.1, 0.15) is 26.2 Å². The maximum Gasteiger partial charge on any atom is 0.00731 e. The van der Waals surface area contributed by atoms with E-state index in [0.29, 0.717) is 5.41 Å². The fraction of sp³-hybridized carbons (Fsp3) is 0.778. The van der Waals surface area contributed by atoms with Crippen LogP contribution in [0.3, 0.4) is 0 Å². The van der Waals surface area contributed by atoms with Crippen molar-refractivity contribution in [2.24, 2.45) is 5.41 Å². The van der Waals surface area contributed by atoms with Gasteiger partial charge in [0.1, 0.15) is 0 Å². The third-order valence-corrected chi connectivity index (χ3v) is 2.89. The van der Waals surface area contributed by atoms with Gasteiger partial charge in [0.25, 0.3) is 0 Å². The summed E-state index contributed by atoms with van der Waals surface area (Å²) in [7, 11) is 2.80. The van der Waals surface area contributed by atoms with Crippen LogP contribution < -0.4 is 0 Å². The molecule has 1 aliphatic rings. The van der Waals surface area contributed by atoms with Crippen LogP contribution in [0.25, 0.3) is 0 Å². The largest absolute Gasteiger partial charge is 0.287 e. The van der Waals surface area contributed by atoms with Crippen molar-refractivity contribution in [3.63, 3.8) is 0 Å². The molecule has 0 aliphatic carbocycles. The van der Waals surface area contributed by atoms with E-state index in [1.807, 2.05) is 6.08 Å². The van der Waals surface area contributed by atoms with Crippen molar-refractivity contribution in [3.8, 4) is 0 Å². The maximum absolute atomic E-state index is 3.80. The maximum atomic E-state index is 3.80. The SMILES string of the molecule is C=CC[C@]1(C)CCCN(P)C1. The first-order valence-electron chi connectivity index (χ1n) is 4.27. The lowest BCUT2D eigenvalue weighted by molar-refractivity contribution is 0.178. The smallest absolute Gasteiger partial charge is 0.00731 e. The van der Waals surface area contributed by atoms with Gasteiger partial charge in [0.2, 0.25) is 0 Å². The van der Waals surface area contributed by atoms with Crippen LogP contribution in [0.5, 0.6) is 0 Å². The number of hydrogen-bond donors (Lipinski definition) is 0. The summed E-state index contributed by atoms with van der Waals surface area (Å²) in [5.41, 5.74) is 0.488. The summed E-state index contributed by atoms with van der Waals surface area (Å²) < 4.78 is 2.34. The van der Waals surface area contributed by atoms with E-state index in [9.17, 15) is 0 Å². The molecule has 1 aliphatic heterocycles. The summed E-state index contributed by atoms with van der Waals surface area (Å²) in [4.78, 5) is 0. The Kier molecular flexibility index (Phi) is 3.09. The van der Waals surface area contributed by atoms with Gasteiger partial charge in [-0.25, -0.2) is 0 Å². The lowest BCUT2D eigenvalue weighted by Crippen LogP contribution is -2.35. The zero-order valence-electron chi connectivity index (χ0n) is 7.34. The Morgan fingerprint density at radius 2 is 2.45 bits per heavy atom. The summed E-state index contributed by atoms with van der Waals surface area (Å²) >= 11 is 0. The number of hydrogen-bond acceptors (Lipinski definition) is 1. The fourth-order valence-corrected chi connectivity index (χ4v) is 2.50. The Morgan fingerprint density at radius 1 is 1.73 bits per heavy atom. The molecule has 0 bridgehead atoms. The highest BCUT2D eigenvalue weighted by atomic mass is 31.0. The van der Waals surface area contributed by atoms with Crippen LogP contribution >= 0.6 is 9.39 Å². The molecule has 1 heterocycles. The Labute approximate surface area is 72.1 Å². The minimum Gasteiger partial charge on any atom is -0.287 e. The van der Waals surface area contributed by atoms with Gasteiger partial charge in [-0.05, 0) is 24.7 Å². The molecule has 0 spiro atoms. The standard InChI is InChI=1S/C9H18NP/c1-3-5-9(2)6-4-7-10(11)8-9/h3H,1,4-8,11H2,2H3/t9-/m1/s1. The van der Waals surface area contributed by atoms with E-state index in [0.717, 1.165) is 6.42 Å². The summed E-state index contributed by atoms with van der Waals surface area (Å²) in [5.74, 6) is 0. The van der Waals surface area contributed by atoms with E-state index >= 15 is 0 Å². The van der Waals surface area contributed by atoms with Crippen LogP contribution in [0.4, 0.5) is 0 Å². The zero-order valence-corrected chi connectivity index (χ0v) is 8.50. The van der Waals surface area contributed by atoms with Gasteiger partial charge in [-0.2, -0.15) is 0 Å². The molecule has 1 fully saturated rings. The van der Waals surface area contributed by atoms with Crippen LogP contribution in [0.2, 0.25) is 0 Å². The van der Waals surface area contributed by atoms with Crippen LogP contribution in [0.15, 0.2) is 12.7 Å². The molecule has 64 valence electrons. The normalized spacial score (nSPS) is 33.6. The van der Waals surface area contributed by atoms with Crippen molar-refractivity contribution in [1.82, 2.24) is 4.67 Å². The first-order chi connectivity index (χ1) is 5.16. The third-order valence-electron chi connectivity index (χ3n) is 2.45. The molecule has 0 saturated carbocycles. The summed E-state index contributed by atoms with van der Waals surface area (Å²) in [5, 5.41) is 0. The zero-order chi connectivity index (χ0) is 8.32. The summed E-state index contributed by atoms with van der Waals surface area (Å²) in [6.45, 7) is 8.58. The molecule has 0 aromatic rings. The van der Waals surface area contributed by atoms with E-state index in [1.54, 1.807) is 0 Å². The van der Waals surface area contributed by atoms with E-state index in [4.69, 9.17) is 0 Å². The van der Waals surface area contributed by atoms with Crippen LogP contribution in [0, 0.1) is 5.41 Å². The molecule has 1 rings (SSSR count). The molecule has 0 N–H and O–H groups in total. The second-order valence-corrected chi connectivity index (χ2v) is 4.61. The fourth-order valence-electron chi connectivity index (χ4n) is 1.87. The van der Waals surface area contributed by atoms with Gasteiger partial charge in [-0.3, -0.25) is 4.67 Å². The Morgan fingerprint density at radius 3 is 3.00 bits per heavy atom. The van der Waals surface area contributed by atoms with Crippen molar-refractivity contribution in [2.75, 3.05) is 13.1 Å². The molecule has 2 heteroatoms. The predicted molar refractivity (Wildman–Crippen MR) is 53.4 cm³/mol. The molecule has 0 aromatic carbocycles. The molecule has 0 aromatic heterocycles. The Hall–Kier alpha value is 0.130. The Bertz CT molecular complexity index is 146. The molecule has 1 nitrogen and oxygen atoms in total. The van der Waals surface area contributed by atoms with Gasteiger partial charge >= 0.3 is 0 Å². The minimum absolute atomic E-state index is 0.488. The number of nitrogens with zero attached hydrogens (tertiary/aromatic N) is 1. The highest BCUT2D eigenvalue weighted by molar-refractivity contribution is 7.13. The lowest BCUT2D eigenvalue weighted by Gasteiger charge is -2.37. The molecular formula is C9H18NP. The van der Waals surface area contributed by atoms with Crippen molar-refractivity contribution in [2.45, 2.75) is 26.2 Å². The van der Waals surface area contributed by atoms with Gasteiger partial charge in [-0.1, -0.05) is 22.4 Å². The second kappa shape index (κ2) is 3.69. The van der Waals surface area contributed by atoms with E-state index in [1.165, 1.54) is 25.9 Å². The number of piperidine rings is 1. The van der Waals surface area contributed by atoms with Gasteiger partial charge < -0.3 is 0 Å². The van der Waals surface area contributed by atoms with Gasteiger partial charge in [0, 0.05) is 13.1 Å². The lowest BCUT2D eigenvalue weighted by atomic mass is 9.80. The Balaban J connectivity index is 2.47. The molecule has 1 unspecified atom stereocenters. The predicted octanol–water partition coefficient (Wildman–Crippen LogP) is 2.45. The summed E-state index contributed by atoms with van der Waals surface area (Å²) in [6.07, 6.45) is 5.87. The highest BCUT2D eigenvalue weighted by Crippen LogP contribution is 2.34. The third kappa shape index (κ3) is 2.57. The van der Waals surface area contributed by atoms with Crippen molar-refractivity contribution in [1.29, 1.82) is 0 Å². The molecule has 1 saturated heterocycles. The average Bonchev–Trinajstić information content (AvgIpc) is 1.86. The van der Waals surface area contributed by atoms with Gasteiger partial charge in [-0.15, -0.1) is 6.58 Å². The first-order valence-corrected chi connectivity index (χ1v) is 4.78. The number of rotatable bonds is 2. The highest BCUT2D eigenvalue weighted by Gasteiger charge is 2.27. The van der Waals surface area contributed by atoms with Crippen LogP contribution in [-0.4, -0.2) is 17.8 Å². The van der Waals surface area contributed by atoms with Crippen molar-refractivity contribution < 1.29 is 0 Å². The van der Waals surface area contributed by atoms with Crippen molar-refractivity contribution >= 4 is 9.39 Å². The molecular weight excluding hydrogens is 153 g/mol.